The Hall–Kier alpha value is -2.07. The molecule has 0 N–H and O–H groups in total. The van der Waals surface area contributed by atoms with Gasteiger partial charge in [-0.15, -0.1) is 0 Å². The fourth-order valence-electron chi connectivity index (χ4n) is 1.69. The molecule has 2 aromatic carbocycles. The summed E-state index contributed by atoms with van der Waals surface area (Å²) >= 11 is 5.76. The second kappa shape index (κ2) is 7.64. The van der Waals surface area contributed by atoms with Crippen LogP contribution in [0.15, 0.2) is 48.5 Å². The summed E-state index contributed by atoms with van der Waals surface area (Å²) < 4.78 is 23.5. The molecule has 0 bridgehead atoms. The maximum atomic E-state index is 13.3. The minimum absolute atomic E-state index is 0.0702. The summed E-state index contributed by atoms with van der Waals surface area (Å²) in [6, 6.07) is 13.0. The fraction of sp³-hybridized carbons (Fsp3) is 0.188. The van der Waals surface area contributed by atoms with Crippen LogP contribution in [0.5, 0.6) is 5.75 Å². The van der Waals surface area contributed by atoms with Crippen molar-refractivity contribution in [2.75, 3.05) is 13.2 Å². The first-order chi connectivity index (χ1) is 10.1. The molecule has 0 saturated carbocycles. The molecule has 110 valence electrons. The van der Waals surface area contributed by atoms with Gasteiger partial charge < -0.3 is 9.47 Å². The van der Waals surface area contributed by atoms with Crippen LogP contribution in [0.1, 0.15) is 5.56 Å². The second-order valence-electron chi connectivity index (χ2n) is 4.30. The van der Waals surface area contributed by atoms with Crippen LogP contribution in [-0.4, -0.2) is 19.2 Å². The second-order valence-corrected chi connectivity index (χ2v) is 4.74. The van der Waals surface area contributed by atoms with E-state index in [0.29, 0.717) is 5.02 Å². The van der Waals surface area contributed by atoms with Gasteiger partial charge in [-0.3, -0.25) is 4.79 Å². The van der Waals surface area contributed by atoms with Crippen LogP contribution in [0, 0.1) is 5.82 Å². The van der Waals surface area contributed by atoms with Gasteiger partial charge in [0, 0.05) is 5.02 Å². The van der Waals surface area contributed by atoms with E-state index in [0.717, 1.165) is 5.56 Å². The van der Waals surface area contributed by atoms with Crippen LogP contribution in [0.3, 0.4) is 0 Å². The first kappa shape index (κ1) is 15.3. The molecule has 0 heterocycles. The van der Waals surface area contributed by atoms with Gasteiger partial charge >= 0.3 is 5.97 Å². The Kier molecular flexibility index (Phi) is 5.58. The van der Waals surface area contributed by atoms with E-state index in [1.54, 1.807) is 36.4 Å². The Balaban J connectivity index is 1.70. The maximum absolute atomic E-state index is 13.3. The Morgan fingerprint density at radius 2 is 1.76 bits per heavy atom. The van der Waals surface area contributed by atoms with E-state index in [2.05, 4.69) is 0 Å². The third-order valence-electron chi connectivity index (χ3n) is 2.70. The van der Waals surface area contributed by atoms with Crippen molar-refractivity contribution in [1.82, 2.24) is 0 Å². The van der Waals surface area contributed by atoms with E-state index >= 15 is 0 Å². The summed E-state index contributed by atoms with van der Waals surface area (Å²) in [7, 11) is 0. The minimum Gasteiger partial charge on any atom is -0.487 e. The van der Waals surface area contributed by atoms with Crippen molar-refractivity contribution in [3.63, 3.8) is 0 Å². The molecule has 5 heteroatoms. The molecular formula is C16H14ClFO3. The van der Waals surface area contributed by atoms with Gasteiger partial charge in [-0.25, -0.2) is 4.39 Å². The number of ether oxygens (including phenoxy) is 2. The first-order valence-corrected chi connectivity index (χ1v) is 6.80. The van der Waals surface area contributed by atoms with E-state index in [-0.39, 0.29) is 31.4 Å². The topological polar surface area (TPSA) is 35.5 Å². The number of carbonyl (C=O) groups is 1. The number of benzene rings is 2. The minimum atomic E-state index is -0.440. The third-order valence-corrected chi connectivity index (χ3v) is 2.95. The average Bonchev–Trinajstić information content (AvgIpc) is 2.48. The highest BCUT2D eigenvalue weighted by molar-refractivity contribution is 6.30. The van der Waals surface area contributed by atoms with Gasteiger partial charge in [0.05, 0.1) is 6.42 Å². The molecule has 0 spiro atoms. The molecule has 0 aliphatic rings. The molecule has 0 radical (unpaired) electrons. The third kappa shape index (κ3) is 5.08. The Labute approximate surface area is 127 Å². The average molecular weight is 309 g/mol. The molecule has 0 aliphatic carbocycles. The summed E-state index contributed by atoms with van der Waals surface area (Å²) in [5.41, 5.74) is 0.819. The predicted molar refractivity (Wildman–Crippen MR) is 78.0 cm³/mol. The highest BCUT2D eigenvalue weighted by Crippen LogP contribution is 2.15. The monoisotopic (exact) mass is 308 g/mol. The van der Waals surface area contributed by atoms with Crippen molar-refractivity contribution in [3.05, 3.63) is 64.9 Å². The van der Waals surface area contributed by atoms with Crippen molar-refractivity contribution in [2.24, 2.45) is 0 Å². The number of esters is 1. The van der Waals surface area contributed by atoms with E-state index in [4.69, 9.17) is 21.1 Å². The molecule has 0 saturated heterocycles. The standard InChI is InChI=1S/C16H14ClFO3/c17-13-7-5-12(6-8-13)11-16(19)21-10-9-20-15-4-2-1-3-14(15)18/h1-8H,9-11H2. The van der Waals surface area contributed by atoms with Crippen molar-refractivity contribution in [1.29, 1.82) is 0 Å². The first-order valence-electron chi connectivity index (χ1n) is 6.42. The van der Waals surface area contributed by atoms with Crippen LogP contribution < -0.4 is 4.74 Å². The number of hydrogen-bond donors (Lipinski definition) is 0. The quantitative estimate of drug-likeness (QED) is 0.603. The van der Waals surface area contributed by atoms with Gasteiger partial charge in [-0.2, -0.15) is 0 Å². The van der Waals surface area contributed by atoms with Gasteiger partial charge in [0.15, 0.2) is 11.6 Å². The Bertz CT molecular complexity index is 599. The van der Waals surface area contributed by atoms with E-state index in [1.165, 1.54) is 12.1 Å². The largest absolute Gasteiger partial charge is 0.487 e. The molecule has 0 fully saturated rings. The highest BCUT2D eigenvalue weighted by atomic mass is 35.5. The predicted octanol–water partition coefficient (Wildman–Crippen LogP) is 3.64. The smallest absolute Gasteiger partial charge is 0.310 e. The van der Waals surface area contributed by atoms with E-state index in [9.17, 15) is 9.18 Å². The molecular weight excluding hydrogens is 295 g/mol. The lowest BCUT2D eigenvalue weighted by Crippen LogP contribution is -2.14. The zero-order valence-corrected chi connectivity index (χ0v) is 12.0. The van der Waals surface area contributed by atoms with Gasteiger partial charge in [0.25, 0.3) is 0 Å². The summed E-state index contributed by atoms with van der Waals surface area (Å²) in [6.45, 7) is 0.175. The molecule has 0 aliphatic heterocycles. The zero-order chi connectivity index (χ0) is 15.1. The summed E-state index contributed by atoms with van der Waals surface area (Å²) in [5.74, 6) is -0.661. The van der Waals surface area contributed by atoms with Crippen molar-refractivity contribution >= 4 is 17.6 Å². The van der Waals surface area contributed by atoms with Crippen LogP contribution in [0.4, 0.5) is 4.39 Å². The molecule has 2 rings (SSSR count). The SMILES string of the molecule is O=C(Cc1ccc(Cl)cc1)OCCOc1ccccc1F. The van der Waals surface area contributed by atoms with Crippen LogP contribution in [0.2, 0.25) is 5.02 Å². The highest BCUT2D eigenvalue weighted by Gasteiger charge is 2.06. The number of para-hydroxylation sites is 1. The lowest BCUT2D eigenvalue weighted by molar-refractivity contribution is -0.143. The fourth-order valence-corrected chi connectivity index (χ4v) is 1.81. The molecule has 3 nitrogen and oxygen atoms in total. The normalized spacial score (nSPS) is 10.2. The van der Waals surface area contributed by atoms with Crippen LogP contribution >= 0.6 is 11.6 Å². The number of hydrogen-bond acceptors (Lipinski definition) is 3. The van der Waals surface area contributed by atoms with Gasteiger partial charge in [0.1, 0.15) is 13.2 Å². The van der Waals surface area contributed by atoms with Crippen LogP contribution in [-0.2, 0) is 16.0 Å². The van der Waals surface area contributed by atoms with Crippen molar-refractivity contribution in [3.8, 4) is 5.75 Å². The number of halogens is 2. The lowest BCUT2D eigenvalue weighted by Gasteiger charge is -2.08. The van der Waals surface area contributed by atoms with Gasteiger partial charge in [-0.1, -0.05) is 35.9 Å². The maximum Gasteiger partial charge on any atom is 0.310 e. The van der Waals surface area contributed by atoms with Crippen molar-refractivity contribution in [2.45, 2.75) is 6.42 Å². The van der Waals surface area contributed by atoms with Gasteiger partial charge in [0.2, 0.25) is 0 Å². The molecule has 0 amide bonds. The molecule has 2 aromatic rings. The lowest BCUT2D eigenvalue weighted by atomic mass is 10.2. The molecule has 0 unspecified atom stereocenters. The van der Waals surface area contributed by atoms with Crippen LogP contribution in [0.25, 0.3) is 0 Å². The molecule has 0 atom stereocenters. The number of rotatable bonds is 6. The summed E-state index contributed by atoms with van der Waals surface area (Å²) in [6.07, 6.45) is 0.164. The Morgan fingerprint density at radius 1 is 1.05 bits per heavy atom. The zero-order valence-electron chi connectivity index (χ0n) is 11.2. The Morgan fingerprint density at radius 3 is 2.48 bits per heavy atom. The summed E-state index contributed by atoms with van der Waals surface area (Å²) in [4.78, 5) is 11.6. The van der Waals surface area contributed by atoms with Crippen molar-refractivity contribution < 1.29 is 18.7 Å². The number of carbonyl (C=O) groups excluding carboxylic acids is 1. The van der Waals surface area contributed by atoms with E-state index < -0.39 is 5.82 Å². The summed E-state index contributed by atoms with van der Waals surface area (Å²) in [5, 5.41) is 0.616. The molecule has 21 heavy (non-hydrogen) atoms. The van der Waals surface area contributed by atoms with E-state index in [1.807, 2.05) is 0 Å². The molecule has 0 aromatic heterocycles. The van der Waals surface area contributed by atoms with Gasteiger partial charge in [-0.05, 0) is 29.8 Å².